The summed E-state index contributed by atoms with van der Waals surface area (Å²) in [4.78, 5) is 41.3. The van der Waals surface area contributed by atoms with E-state index in [4.69, 9.17) is 4.52 Å². The molecule has 0 aromatic carbocycles. The Morgan fingerprint density at radius 3 is 2.04 bits per heavy atom. The molecule has 0 N–H and O–H groups in total. The van der Waals surface area contributed by atoms with Crippen molar-refractivity contribution in [3.8, 4) is 0 Å². The molecule has 2 aromatic heterocycles. The van der Waals surface area contributed by atoms with Crippen molar-refractivity contribution in [2.24, 2.45) is 0 Å². The summed E-state index contributed by atoms with van der Waals surface area (Å²) in [6.07, 6.45) is 4.29. The summed E-state index contributed by atoms with van der Waals surface area (Å²) in [5, 5.41) is 3.79. The van der Waals surface area contributed by atoms with Crippen molar-refractivity contribution in [3.05, 3.63) is 68.5 Å². The van der Waals surface area contributed by atoms with Gasteiger partial charge in [-0.25, -0.2) is 28.1 Å². The highest BCUT2D eigenvalue weighted by Crippen LogP contribution is 2.00. The molecule has 2 rings (SSSR count). The monoisotopic (exact) mass is 333 g/mol. The van der Waals surface area contributed by atoms with Gasteiger partial charge < -0.3 is 4.52 Å². The van der Waals surface area contributed by atoms with Crippen LogP contribution in [0.1, 0.15) is 25.1 Å². The first kappa shape index (κ1) is 17.4. The Kier molecular flexibility index (Phi) is 5.46. The minimum absolute atomic E-state index is 0.0139. The number of nitrogens with zero attached hydrogens (tertiary/aromatic N) is 5. The summed E-state index contributed by atoms with van der Waals surface area (Å²) in [7, 11) is 0. The van der Waals surface area contributed by atoms with E-state index in [1.54, 1.807) is 0 Å². The van der Waals surface area contributed by atoms with Crippen LogP contribution in [-0.4, -0.2) is 23.8 Å². The van der Waals surface area contributed by atoms with E-state index in [0.717, 1.165) is 20.1 Å². The second-order valence-corrected chi connectivity index (χ2v) is 5.09. The standard InChI is InChI=1S/C15H19N5O4/c1-4-7-11-16-12(24-17-11)10-20-14(22)18(8-5-2)13(21)19(9-6-3)15(20)23/h5-6H,2-4,7-10H2,1H3. The van der Waals surface area contributed by atoms with Gasteiger partial charge in [-0.05, 0) is 6.42 Å². The Morgan fingerprint density at radius 2 is 1.54 bits per heavy atom. The molecule has 0 bridgehead atoms. The summed E-state index contributed by atoms with van der Waals surface area (Å²) < 4.78 is 7.79. The third-order valence-electron chi connectivity index (χ3n) is 3.29. The smallest absolute Gasteiger partial charge is 0.337 e. The van der Waals surface area contributed by atoms with Crippen molar-refractivity contribution in [1.29, 1.82) is 0 Å². The van der Waals surface area contributed by atoms with Crippen LogP contribution in [0.15, 0.2) is 44.2 Å². The quantitative estimate of drug-likeness (QED) is 0.626. The maximum absolute atomic E-state index is 12.4. The third-order valence-corrected chi connectivity index (χ3v) is 3.29. The van der Waals surface area contributed by atoms with E-state index in [1.807, 2.05) is 6.92 Å². The molecule has 2 heterocycles. The lowest BCUT2D eigenvalue weighted by Gasteiger charge is -2.10. The van der Waals surface area contributed by atoms with Gasteiger partial charge in [-0.3, -0.25) is 0 Å². The Bertz CT molecular complexity index is 867. The Morgan fingerprint density at radius 1 is 1.00 bits per heavy atom. The zero-order valence-electron chi connectivity index (χ0n) is 13.5. The largest absolute Gasteiger partial charge is 0.337 e. The van der Waals surface area contributed by atoms with Crippen molar-refractivity contribution < 1.29 is 4.52 Å². The zero-order chi connectivity index (χ0) is 17.7. The van der Waals surface area contributed by atoms with Crippen molar-refractivity contribution in [3.63, 3.8) is 0 Å². The molecule has 0 aliphatic heterocycles. The van der Waals surface area contributed by atoms with Gasteiger partial charge in [0.25, 0.3) is 0 Å². The van der Waals surface area contributed by atoms with Gasteiger partial charge in [0.05, 0.1) is 13.1 Å². The van der Waals surface area contributed by atoms with Crippen molar-refractivity contribution in [2.75, 3.05) is 0 Å². The maximum Gasteiger partial charge on any atom is 0.337 e. The van der Waals surface area contributed by atoms with Gasteiger partial charge in [-0.2, -0.15) is 4.98 Å². The summed E-state index contributed by atoms with van der Waals surface area (Å²) in [6, 6.07) is 0. The summed E-state index contributed by atoms with van der Waals surface area (Å²) in [5.41, 5.74) is -2.21. The SMILES string of the molecule is C=CCn1c(=O)n(CC=C)c(=O)n(Cc2nc(CCC)no2)c1=O. The zero-order valence-corrected chi connectivity index (χ0v) is 13.5. The Labute approximate surface area is 137 Å². The van der Waals surface area contributed by atoms with Crippen LogP contribution >= 0.6 is 0 Å². The van der Waals surface area contributed by atoms with E-state index in [9.17, 15) is 14.4 Å². The molecule has 0 amide bonds. The van der Waals surface area contributed by atoms with Gasteiger partial charge >= 0.3 is 17.1 Å². The average Bonchev–Trinajstić information content (AvgIpc) is 3.00. The fraction of sp³-hybridized carbons (Fsp3) is 0.400. The number of aryl methyl sites for hydroxylation is 1. The molecule has 0 fully saturated rings. The van der Waals surface area contributed by atoms with E-state index in [-0.39, 0.29) is 25.5 Å². The fourth-order valence-electron chi connectivity index (χ4n) is 2.20. The highest BCUT2D eigenvalue weighted by molar-refractivity contribution is 4.90. The second-order valence-electron chi connectivity index (χ2n) is 5.09. The van der Waals surface area contributed by atoms with Crippen LogP contribution in [0.3, 0.4) is 0 Å². The first-order chi connectivity index (χ1) is 11.5. The summed E-state index contributed by atoms with van der Waals surface area (Å²) >= 11 is 0. The number of hydrogen-bond donors (Lipinski definition) is 0. The van der Waals surface area contributed by atoms with Crippen LogP contribution in [0.2, 0.25) is 0 Å². The van der Waals surface area contributed by atoms with E-state index >= 15 is 0 Å². The molecule has 9 nitrogen and oxygen atoms in total. The average molecular weight is 333 g/mol. The lowest BCUT2D eigenvalue weighted by molar-refractivity contribution is 0.355. The van der Waals surface area contributed by atoms with Gasteiger partial charge in [-0.15, -0.1) is 13.2 Å². The number of aromatic nitrogens is 5. The summed E-state index contributed by atoms with van der Waals surface area (Å²) in [5.74, 6) is 0.637. The first-order valence-electron chi connectivity index (χ1n) is 7.51. The maximum atomic E-state index is 12.4. The van der Waals surface area contributed by atoms with Crippen LogP contribution in [0.4, 0.5) is 0 Å². The molecule has 9 heteroatoms. The van der Waals surface area contributed by atoms with E-state index < -0.39 is 17.1 Å². The normalized spacial score (nSPS) is 10.7. The van der Waals surface area contributed by atoms with Gasteiger partial charge in [0.2, 0.25) is 5.89 Å². The number of hydrogen-bond acceptors (Lipinski definition) is 6. The van der Waals surface area contributed by atoms with Crippen LogP contribution in [0.25, 0.3) is 0 Å². The second kappa shape index (κ2) is 7.53. The summed E-state index contributed by atoms with van der Waals surface area (Å²) in [6.45, 7) is 8.77. The molecule has 0 atom stereocenters. The third kappa shape index (κ3) is 3.34. The van der Waals surface area contributed by atoms with Crippen LogP contribution < -0.4 is 17.1 Å². The van der Waals surface area contributed by atoms with E-state index in [2.05, 4.69) is 23.3 Å². The molecule has 0 saturated carbocycles. The van der Waals surface area contributed by atoms with Crippen molar-refractivity contribution in [1.82, 2.24) is 23.8 Å². The van der Waals surface area contributed by atoms with Crippen LogP contribution in [-0.2, 0) is 26.1 Å². The molecular formula is C15H19N5O4. The molecule has 0 radical (unpaired) electrons. The fourth-order valence-corrected chi connectivity index (χ4v) is 2.20. The number of rotatable bonds is 8. The molecule has 0 aliphatic carbocycles. The highest BCUT2D eigenvalue weighted by Gasteiger charge is 2.16. The minimum Gasteiger partial charge on any atom is -0.337 e. The molecule has 2 aromatic rings. The molecule has 0 aliphatic rings. The molecule has 128 valence electrons. The molecule has 0 unspecified atom stereocenters. The van der Waals surface area contributed by atoms with Gasteiger partial charge in [0, 0.05) is 6.42 Å². The predicted molar refractivity (Wildman–Crippen MR) is 87.0 cm³/mol. The molecular weight excluding hydrogens is 314 g/mol. The van der Waals surface area contributed by atoms with E-state index in [1.165, 1.54) is 12.2 Å². The van der Waals surface area contributed by atoms with Crippen molar-refractivity contribution >= 4 is 0 Å². The topological polar surface area (TPSA) is 105 Å². The van der Waals surface area contributed by atoms with Gasteiger partial charge in [0.1, 0.15) is 6.54 Å². The van der Waals surface area contributed by atoms with Gasteiger partial charge in [-0.1, -0.05) is 24.2 Å². The minimum atomic E-state index is -0.750. The number of allylic oxidation sites excluding steroid dienone is 2. The van der Waals surface area contributed by atoms with Crippen LogP contribution in [0, 0.1) is 0 Å². The van der Waals surface area contributed by atoms with Crippen molar-refractivity contribution in [2.45, 2.75) is 39.4 Å². The van der Waals surface area contributed by atoms with Crippen LogP contribution in [0.5, 0.6) is 0 Å². The molecule has 0 saturated heterocycles. The van der Waals surface area contributed by atoms with E-state index in [0.29, 0.717) is 12.2 Å². The highest BCUT2D eigenvalue weighted by atomic mass is 16.5. The lowest BCUT2D eigenvalue weighted by atomic mass is 10.3. The Balaban J connectivity index is 2.57. The molecule has 0 spiro atoms. The Hall–Kier alpha value is -2.97. The predicted octanol–water partition coefficient (Wildman–Crippen LogP) is -0.0725. The van der Waals surface area contributed by atoms with Gasteiger partial charge in [0.15, 0.2) is 5.82 Å². The lowest BCUT2D eigenvalue weighted by Crippen LogP contribution is -2.54. The first-order valence-corrected chi connectivity index (χ1v) is 7.51. The molecule has 24 heavy (non-hydrogen) atoms.